The normalized spacial score (nSPS) is 14.9. The molecule has 0 saturated carbocycles. The van der Waals surface area contributed by atoms with E-state index in [1.54, 1.807) is 11.2 Å². The first-order valence-corrected chi connectivity index (χ1v) is 6.93. The maximum atomic E-state index is 10.7. The van der Waals surface area contributed by atoms with Crippen molar-refractivity contribution in [1.29, 1.82) is 0 Å². The van der Waals surface area contributed by atoms with Crippen LogP contribution in [0.3, 0.4) is 0 Å². The Bertz CT molecular complexity index is 596. The average Bonchev–Trinajstić information content (AvgIpc) is 2.56. The van der Waals surface area contributed by atoms with Gasteiger partial charge in [0.15, 0.2) is 0 Å². The monoisotopic (exact) mass is 283 g/mol. The lowest BCUT2D eigenvalue weighted by atomic mass is 10.3. The summed E-state index contributed by atoms with van der Waals surface area (Å²) < 4.78 is 0. The van der Waals surface area contributed by atoms with Crippen molar-refractivity contribution in [3.63, 3.8) is 0 Å². The lowest BCUT2D eigenvalue weighted by Crippen LogP contribution is -2.46. The number of nitrogens with one attached hydrogen (secondary N) is 1. The van der Waals surface area contributed by atoms with Gasteiger partial charge in [-0.05, 0) is 12.1 Å². The second-order valence-electron chi connectivity index (χ2n) is 4.88. The number of carbonyl (C=O) groups is 1. The molecule has 1 aliphatic rings. The molecule has 1 fully saturated rings. The van der Waals surface area contributed by atoms with Crippen LogP contribution in [0, 0.1) is 0 Å². The molecule has 1 aromatic heterocycles. The Morgan fingerprint density at radius 1 is 1.05 bits per heavy atom. The van der Waals surface area contributed by atoms with Crippen molar-refractivity contribution in [2.24, 2.45) is 0 Å². The van der Waals surface area contributed by atoms with Crippen LogP contribution >= 0.6 is 0 Å². The fourth-order valence-corrected chi connectivity index (χ4v) is 2.31. The Hall–Kier alpha value is -2.63. The molecule has 1 saturated heterocycles. The van der Waals surface area contributed by atoms with Crippen LogP contribution in [0.2, 0.25) is 0 Å². The molecule has 1 amide bonds. The summed E-state index contributed by atoms with van der Waals surface area (Å²) in [6.45, 7) is 3.05. The zero-order valence-electron chi connectivity index (χ0n) is 11.6. The Labute approximate surface area is 123 Å². The van der Waals surface area contributed by atoms with Gasteiger partial charge in [-0.3, -0.25) is 4.79 Å². The zero-order valence-corrected chi connectivity index (χ0v) is 11.6. The number of para-hydroxylation sites is 1. The molecular weight excluding hydrogens is 266 g/mol. The number of hydrogen-bond acceptors (Lipinski definition) is 5. The number of hydrogen-bond donors (Lipinski definition) is 1. The van der Waals surface area contributed by atoms with Crippen LogP contribution < -0.4 is 10.2 Å². The van der Waals surface area contributed by atoms with Gasteiger partial charge >= 0.3 is 0 Å². The maximum absolute atomic E-state index is 10.7. The molecule has 3 rings (SSSR count). The SMILES string of the molecule is O=CN1CCN(c2cc(Nc3ccccc3)ncn2)CC1. The Kier molecular flexibility index (Phi) is 3.95. The van der Waals surface area contributed by atoms with Gasteiger partial charge in [-0.1, -0.05) is 18.2 Å². The minimum atomic E-state index is 0.731. The molecule has 6 heteroatoms. The van der Waals surface area contributed by atoms with Gasteiger partial charge in [0, 0.05) is 37.9 Å². The van der Waals surface area contributed by atoms with E-state index in [9.17, 15) is 4.79 Å². The molecule has 1 N–H and O–H groups in total. The van der Waals surface area contributed by atoms with E-state index in [-0.39, 0.29) is 0 Å². The third kappa shape index (κ3) is 3.28. The molecule has 2 aromatic rings. The van der Waals surface area contributed by atoms with E-state index in [0.29, 0.717) is 0 Å². The van der Waals surface area contributed by atoms with Crippen molar-refractivity contribution in [3.05, 3.63) is 42.7 Å². The number of aromatic nitrogens is 2. The van der Waals surface area contributed by atoms with Crippen LogP contribution in [0.15, 0.2) is 42.7 Å². The van der Waals surface area contributed by atoms with Gasteiger partial charge in [-0.25, -0.2) is 9.97 Å². The van der Waals surface area contributed by atoms with Crippen LogP contribution in [0.25, 0.3) is 0 Å². The molecule has 0 spiro atoms. The molecule has 1 aliphatic heterocycles. The molecule has 108 valence electrons. The third-order valence-corrected chi connectivity index (χ3v) is 3.49. The lowest BCUT2D eigenvalue weighted by molar-refractivity contribution is -0.118. The standard InChI is InChI=1S/C15H17N5O/c21-12-19-6-8-20(9-7-19)15-10-14(16-11-17-15)18-13-4-2-1-3-5-13/h1-5,10-12H,6-9H2,(H,16,17,18). The summed E-state index contributed by atoms with van der Waals surface area (Å²) in [7, 11) is 0. The number of nitrogens with zero attached hydrogens (tertiary/aromatic N) is 4. The van der Waals surface area contributed by atoms with E-state index in [2.05, 4.69) is 20.2 Å². The first-order valence-electron chi connectivity index (χ1n) is 6.93. The van der Waals surface area contributed by atoms with E-state index < -0.39 is 0 Å². The summed E-state index contributed by atoms with van der Waals surface area (Å²) in [6, 6.07) is 11.8. The minimum absolute atomic E-state index is 0.731. The van der Waals surface area contributed by atoms with Gasteiger partial charge in [0.1, 0.15) is 18.0 Å². The molecule has 6 nitrogen and oxygen atoms in total. The zero-order chi connectivity index (χ0) is 14.5. The third-order valence-electron chi connectivity index (χ3n) is 3.49. The largest absolute Gasteiger partial charge is 0.353 e. The second-order valence-corrected chi connectivity index (χ2v) is 4.88. The van der Waals surface area contributed by atoms with Gasteiger partial charge in [0.25, 0.3) is 0 Å². The first kappa shape index (κ1) is 13.4. The Morgan fingerprint density at radius 2 is 1.81 bits per heavy atom. The van der Waals surface area contributed by atoms with E-state index >= 15 is 0 Å². The van der Waals surface area contributed by atoms with Gasteiger partial charge < -0.3 is 15.1 Å². The summed E-state index contributed by atoms with van der Waals surface area (Å²) in [5.41, 5.74) is 0.993. The number of carbonyl (C=O) groups excluding carboxylic acids is 1. The van der Waals surface area contributed by atoms with E-state index in [1.165, 1.54) is 0 Å². The highest BCUT2D eigenvalue weighted by Crippen LogP contribution is 2.19. The molecule has 0 radical (unpaired) electrons. The van der Waals surface area contributed by atoms with Crippen molar-refractivity contribution in [3.8, 4) is 0 Å². The Morgan fingerprint density at radius 3 is 2.52 bits per heavy atom. The number of benzene rings is 1. The van der Waals surface area contributed by atoms with Crippen LogP contribution in [0.1, 0.15) is 0 Å². The van der Waals surface area contributed by atoms with Crippen LogP contribution in [0.4, 0.5) is 17.3 Å². The number of piperazine rings is 1. The molecule has 0 bridgehead atoms. The van der Waals surface area contributed by atoms with Crippen LogP contribution in [-0.2, 0) is 4.79 Å². The summed E-state index contributed by atoms with van der Waals surface area (Å²) in [4.78, 5) is 23.2. The van der Waals surface area contributed by atoms with E-state index in [4.69, 9.17) is 0 Å². The highest BCUT2D eigenvalue weighted by Gasteiger charge is 2.17. The van der Waals surface area contributed by atoms with Gasteiger partial charge in [-0.2, -0.15) is 0 Å². The van der Waals surface area contributed by atoms with Crippen molar-refractivity contribution in [1.82, 2.24) is 14.9 Å². The van der Waals surface area contributed by atoms with Crippen molar-refractivity contribution in [2.45, 2.75) is 0 Å². The quantitative estimate of drug-likeness (QED) is 0.862. The molecule has 1 aromatic carbocycles. The maximum Gasteiger partial charge on any atom is 0.209 e. The van der Waals surface area contributed by atoms with Crippen molar-refractivity contribution >= 4 is 23.7 Å². The minimum Gasteiger partial charge on any atom is -0.353 e. The number of anilines is 3. The first-order chi connectivity index (χ1) is 10.3. The summed E-state index contributed by atoms with van der Waals surface area (Å²) in [6.07, 6.45) is 2.46. The highest BCUT2D eigenvalue weighted by molar-refractivity contribution is 5.59. The molecule has 0 unspecified atom stereocenters. The van der Waals surface area contributed by atoms with Crippen molar-refractivity contribution in [2.75, 3.05) is 36.4 Å². The summed E-state index contributed by atoms with van der Waals surface area (Å²) in [5.74, 6) is 1.65. The smallest absolute Gasteiger partial charge is 0.209 e. The average molecular weight is 283 g/mol. The predicted molar refractivity (Wildman–Crippen MR) is 81.6 cm³/mol. The molecule has 21 heavy (non-hydrogen) atoms. The van der Waals surface area contributed by atoms with Gasteiger partial charge in [0.05, 0.1) is 0 Å². The highest BCUT2D eigenvalue weighted by atomic mass is 16.1. The fourth-order valence-electron chi connectivity index (χ4n) is 2.31. The molecule has 2 heterocycles. The van der Waals surface area contributed by atoms with E-state index in [0.717, 1.165) is 49.9 Å². The number of rotatable bonds is 4. The van der Waals surface area contributed by atoms with Crippen molar-refractivity contribution < 1.29 is 4.79 Å². The van der Waals surface area contributed by atoms with Gasteiger partial charge in [-0.15, -0.1) is 0 Å². The molecule has 0 aliphatic carbocycles. The summed E-state index contributed by atoms with van der Waals surface area (Å²) in [5, 5.41) is 3.26. The van der Waals surface area contributed by atoms with Crippen LogP contribution in [0.5, 0.6) is 0 Å². The lowest BCUT2D eigenvalue weighted by Gasteiger charge is -2.33. The van der Waals surface area contributed by atoms with Gasteiger partial charge in [0.2, 0.25) is 6.41 Å². The Balaban J connectivity index is 1.70. The molecular formula is C15H17N5O. The predicted octanol–water partition coefficient (Wildman–Crippen LogP) is 1.50. The summed E-state index contributed by atoms with van der Waals surface area (Å²) >= 11 is 0. The topological polar surface area (TPSA) is 61.4 Å². The number of amides is 1. The second kappa shape index (κ2) is 6.21. The van der Waals surface area contributed by atoms with Crippen LogP contribution in [-0.4, -0.2) is 47.5 Å². The van der Waals surface area contributed by atoms with E-state index in [1.807, 2.05) is 36.4 Å². The fraction of sp³-hybridized carbons (Fsp3) is 0.267. The molecule has 0 atom stereocenters.